The van der Waals surface area contributed by atoms with E-state index in [2.05, 4.69) is 10.1 Å². The van der Waals surface area contributed by atoms with Gasteiger partial charge in [0.15, 0.2) is 0 Å². The molecule has 1 heterocycles. The minimum atomic E-state index is -2.57. The Labute approximate surface area is 95.1 Å². The summed E-state index contributed by atoms with van der Waals surface area (Å²) in [7, 11) is 0. The first-order chi connectivity index (χ1) is 8.11. The van der Waals surface area contributed by atoms with E-state index in [9.17, 15) is 8.78 Å². The zero-order valence-corrected chi connectivity index (χ0v) is 8.51. The molecule has 0 amide bonds. The molecular weight excluding hydrogens is 228 g/mol. The molecule has 5 nitrogen and oxygen atoms in total. The Hall–Kier alpha value is -2.49. The summed E-state index contributed by atoms with van der Waals surface area (Å²) in [5, 5.41) is 12.4. The van der Waals surface area contributed by atoms with Crippen LogP contribution in [0.4, 0.5) is 14.5 Å². The molecule has 0 atom stereocenters. The van der Waals surface area contributed by atoms with Gasteiger partial charge in [0.2, 0.25) is 0 Å². The van der Waals surface area contributed by atoms with E-state index in [0.717, 1.165) is 0 Å². The van der Waals surface area contributed by atoms with Gasteiger partial charge in [-0.3, -0.25) is 0 Å². The summed E-state index contributed by atoms with van der Waals surface area (Å²) in [5.74, 6) is -0.0117. The summed E-state index contributed by atoms with van der Waals surface area (Å²) in [4.78, 5) is 3.70. The number of aromatic nitrogens is 3. The second-order valence-corrected chi connectivity index (χ2v) is 3.24. The number of halogens is 2. The molecule has 86 valence electrons. The third-order valence-electron chi connectivity index (χ3n) is 2.14. The predicted molar refractivity (Wildman–Crippen MR) is 55.4 cm³/mol. The number of rotatable bonds is 2. The number of nitriles is 1. The van der Waals surface area contributed by atoms with Gasteiger partial charge in [0.25, 0.3) is 12.2 Å². The van der Waals surface area contributed by atoms with Gasteiger partial charge in [-0.25, -0.2) is 18.4 Å². The van der Waals surface area contributed by atoms with Gasteiger partial charge >= 0.3 is 0 Å². The summed E-state index contributed by atoms with van der Waals surface area (Å²) in [6.07, 6.45) is -1.27. The van der Waals surface area contributed by atoms with Gasteiger partial charge in [0, 0.05) is 5.56 Å². The Bertz CT molecular complexity index is 585. The molecule has 2 aromatic rings. The molecule has 0 aliphatic heterocycles. The number of anilines is 1. The number of benzene rings is 1. The van der Waals surface area contributed by atoms with Crippen LogP contribution in [0.25, 0.3) is 5.69 Å². The van der Waals surface area contributed by atoms with Crippen LogP contribution in [0.1, 0.15) is 17.8 Å². The third kappa shape index (κ3) is 2.06. The summed E-state index contributed by atoms with van der Waals surface area (Å²) < 4.78 is 26.1. The highest BCUT2D eigenvalue weighted by atomic mass is 19.3. The predicted octanol–water partition coefficient (Wildman–Crippen LogP) is 1.66. The van der Waals surface area contributed by atoms with Crippen LogP contribution in [0.15, 0.2) is 24.5 Å². The standard InChI is InChI=1S/C10H7F2N5/c11-10(12)6-1-2-8(7(14)3-6)17-5-15-9(4-13)16-17/h1-3,5,10H,14H2. The van der Waals surface area contributed by atoms with Gasteiger partial charge in [-0.2, -0.15) is 5.26 Å². The van der Waals surface area contributed by atoms with Crippen LogP contribution in [-0.4, -0.2) is 14.8 Å². The van der Waals surface area contributed by atoms with Crippen LogP contribution < -0.4 is 5.73 Å². The van der Waals surface area contributed by atoms with E-state index < -0.39 is 6.43 Å². The molecule has 0 bridgehead atoms. The highest BCUT2D eigenvalue weighted by Crippen LogP contribution is 2.24. The van der Waals surface area contributed by atoms with Crippen LogP contribution in [-0.2, 0) is 0 Å². The molecule has 1 aromatic carbocycles. The van der Waals surface area contributed by atoms with Crippen molar-refractivity contribution in [3.05, 3.63) is 35.9 Å². The van der Waals surface area contributed by atoms with E-state index in [-0.39, 0.29) is 17.1 Å². The molecule has 0 fully saturated rings. The molecule has 1 aromatic heterocycles. The Morgan fingerprint density at radius 1 is 1.41 bits per heavy atom. The van der Waals surface area contributed by atoms with Crippen LogP contribution in [0.3, 0.4) is 0 Å². The van der Waals surface area contributed by atoms with Crippen LogP contribution in [0, 0.1) is 11.3 Å². The van der Waals surface area contributed by atoms with Crippen molar-refractivity contribution in [3.63, 3.8) is 0 Å². The van der Waals surface area contributed by atoms with Crippen molar-refractivity contribution in [1.82, 2.24) is 14.8 Å². The molecule has 0 aliphatic carbocycles. The van der Waals surface area contributed by atoms with Gasteiger partial charge in [0.1, 0.15) is 12.4 Å². The van der Waals surface area contributed by atoms with Gasteiger partial charge < -0.3 is 5.73 Å². The second-order valence-electron chi connectivity index (χ2n) is 3.24. The Balaban J connectivity index is 2.43. The lowest BCUT2D eigenvalue weighted by molar-refractivity contribution is 0.151. The quantitative estimate of drug-likeness (QED) is 0.802. The SMILES string of the molecule is N#Cc1ncn(-c2ccc(C(F)F)cc2N)n1. The summed E-state index contributed by atoms with van der Waals surface area (Å²) >= 11 is 0. The number of hydrogen-bond donors (Lipinski definition) is 1. The highest BCUT2D eigenvalue weighted by Gasteiger charge is 2.11. The van der Waals surface area contributed by atoms with Gasteiger partial charge in [0.05, 0.1) is 11.4 Å². The van der Waals surface area contributed by atoms with Gasteiger partial charge in [-0.1, -0.05) is 6.07 Å². The van der Waals surface area contributed by atoms with Crippen molar-refractivity contribution in [2.24, 2.45) is 0 Å². The van der Waals surface area contributed by atoms with Crippen molar-refractivity contribution in [2.45, 2.75) is 6.43 Å². The molecule has 0 radical (unpaired) electrons. The normalized spacial score (nSPS) is 10.5. The lowest BCUT2D eigenvalue weighted by atomic mass is 10.2. The zero-order valence-electron chi connectivity index (χ0n) is 8.51. The van der Waals surface area contributed by atoms with Crippen molar-refractivity contribution in [3.8, 4) is 11.8 Å². The largest absolute Gasteiger partial charge is 0.397 e. The number of nitrogens with zero attached hydrogens (tertiary/aromatic N) is 4. The average molecular weight is 235 g/mol. The fourth-order valence-corrected chi connectivity index (χ4v) is 1.35. The fraction of sp³-hybridized carbons (Fsp3) is 0.100. The first-order valence-corrected chi connectivity index (χ1v) is 4.61. The molecule has 0 aliphatic rings. The van der Waals surface area contributed by atoms with Gasteiger partial charge in [-0.05, 0) is 12.1 Å². The lowest BCUT2D eigenvalue weighted by Crippen LogP contribution is -2.01. The molecular formula is C10H7F2N5. The van der Waals surface area contributed by atoms with Crippen LogP contribution >= 0.6 is 0 Å². The smallest absolute Gasteiger partial charge is 0.263 e. The van der Waals surface area contributed by atoms with Crippen LogP contribution in [0.2, 0.25) is 0 Å². The second kappa shape index (κ2) is 4.17. The van der Waals surface area contributed by atoms with Gasteiger partial charge in [-0.15, -0.1) is 5.10 Å². The maximum Gasteiger partial charge on any atom is 0.263 e. The molecule has 0 spiro atoms. The van der Waals surface area contributed by atoms with E-state index >= 15 is 0 Å². The molecule has 2 N–H and O–H groups in total. The maximum atomic E-state index is 12.4. The van der Waals surface area contributed by atoms with Crippen molar-refractivity contribution < 1.29 is 8.78 Å². The van der Waals surface area contributed by atoms with Crippen molar-refractivity contribution >= 4 is 5.69 Å². The van der Waals surface area contributed by atoms with E-state index in [4.69, 9.17) is 11.0 Å². The molecule has 7 heteroatoms. The molecule has 0 unspecified atom stereocenters. The molecule has 2 rings (SSSR count). The minimum absolute atomic E-state index is 0.0117. The average Bonchev–Trinajstić information content (AvgIpc) is 2.77. The van der Waals surface area contributed by atoms with Crippen molar-refractivity contribution in [2.75, 3.05) is 5.73 Å². The highest BCUT2D eigenvalue weighted by molar-refractivity contribution is 5.58. The number of alkyl halides is 2. The monoisotopic (exact) mass is 235 g/mol. The Morgan fingerprint density at radius 2 is 2.18 bits per heavy atom. The van der Waals surface area contributed by atoms with E-state index in [0.29, 0.717) is 5.69 Å². The summed E-state index contributed by atoms with van der Waals surface area (Å²) in [5.41, 5.74) is 6.03. The first-order valence-electron chi connectivity index (χ1n) is 4.61. The first kappa shape index (κ1) is 11.0. The third-order valence-corrected chi connectivity index (χ3v) is 2.14. The lowest BCUT2D eigenvalue weighted by Gasteiger charge is -2.07. The van der Waals surface area contributed by atoms with Crippen molar-refractivity contribution in [1.29, 1.82) is 5.26 Å². The summed E-state index contributed by atoms with van der Waals surface area (Å²) in [6, 6.07) is 5.60. The summed E-state index contributed by atoms with van der Waals surface area (Å²) in [6.45, 7) is 0. The maximum absolute atomic E-state index is 12.4. The number of hydrogen-bond acceptors (Lipinski definition) is 4. The molecule has 0 saturated heterocycles. The topological polar surface area (TPSA) is 80.5 Å². The van der Waals surface area contributed by atoms with Crippen LogP contribution in [0.5, 0.6) is 0 Å². The minimum Gasteiger partial charge on any atom is -0.397 e. The molecule has 17 heavy (non-hydrogen) atoms. The number of nitrogens with two attached hydrogens (primary N) is 1. The fourth-order valence-electron chi connectivity index (χ4n) is 1.35. The Morgan fingerprint density at radius 3 is 2.71 bits per heavy atom. The molecule has 0 saturated carbocycles. The Kier molecular flexibility index (Phi) is 2.70. The van der Waals surface area contributed by atoms with E-state index in [1.165, 1.54) is 29.2 Å². The number of nitrogen functional groups attached to an aromatic ring is 1. The zero-order chi connectivity index (χ0) is 12.4. The van der Waals surface area contributed by atoms with E-state index in [1.807, 2.05) is 0 Å². The van der Waals surface area contributed by atoms with E-state index in [1.54, 1.807) is 6.07 Å².